The lowest BCUT2D eigenvalue weighted by atomic mass is 10.1. The van der Waals surface area contributed by atoms with E-state index in [0.717, 1.165) is 0 Å². The van der Waals surface area contributed by atoms with Crippen LogP contribution in [0.4, 0.5) is 0 Å². The van der Waals surface area contributed by atoms with E-state index in [1.165, 1.54) is 21.9 Å². The van der Waals surface area contributed by atoms with Crippen LogP contribution in [0.15, 0.2) is 22.9 Å². The van der Waals surface area contributed by atoms with E-state index in [0.29, 0.717) is 0 Å². The smallest absolute Gasteiger partial charge is 0.00117 e. The summed E-state index contributed by atoms with van der Waals surface area (Å²) in [6, 6.07) is 4.37. The average Bonchev–Trinajstić information content (AvgIpc) is 2.45. The number of aryl methyl sites for hydroxylation is 2. The molecule has 0 atom stereocenters. The van der Waals surface area contributed by atoms with Crippen LogP contribution in [-0.2, 0) is 0 Å². The van der Waals surface area contributed by atoms with Gasteiger partial charge in [0.1, 0.15) is 0 Å². The van der Waals surface area contributed by atoms with Crippen molar-refractivity contribution in [3.8, 4) is 0 Å². The zero-order valence-corrected chi connectivity index (χ0v) is 7.53. The predicted octanol–water partition coefficient (Wildman–Crippen LogP) is 3.52. The first-order valence-corrected chi connectivity index (χ1v) is 4.65. The molecule has 56 valence electrons. The Labute approximate surface area is 70.5 Å². The summed E-state index contributed by atoms with van der Waals surface area (Å²) < 4.78 is 0. The molecule has 2 aromatic rings. The largest absolute Gasteiger partial charge is 0.151 e. The van der Waals surface area contributed by atoms with Crippen LogP contribution >= 0.6 is 11.3 Å². The molecule has 1 heteroatoms. The topological polar surface area (TPSA) is 0 Å². The van der Waals surface area contributed by atoms with Crippen molar-refractivity contribution in [3.63, 3.8) is 0 Å². The quantitative estimate of drug-likeness (QED) is 0.556. The van der Waals surface area contributed by atoms with Crippen LogP contribution in [-0.4, -0.2) is 0 Å². The van der Waals surface area contributed by atoms with E-state index >= 15 is 0 Å². The number of rotatable bonds is 0. The van der Waals surface area contributed by atoms with Gasteiger partial charge in [-0.1, -0.05) is 12.1 Å². The Hall–Kier alpha value is -0.820. The third-order valence-corrected chi connectivity index (χ3v) is 2.96. The fourth-order valence-electron chi connectivity index (χ4n) is 1.29. The van der Waals surface area contributed by atoms with E-state index in [2.05, 4.69) is 36.7 Å². The lowest BCUT2D eigenvalue weighted by Crippen LogP contribution is -1.78. The van der Waals surface area contributed by atoms with Crippen LogP contribution in [0.2, 0.25) is 0 Å². The number of thiophene rings is 1. The summed E-state index contributed by atoms with van der Waals surface area (Å²) in [5.41, 5.74) is 2.81. The Morgan fingerprint density at radius 3 is 2.73 bits per heavy atom. The highest BCUT2D eigenvalue weighted by Crippen LogP contribution is 2.24. The molecule has 0 spiro atoms. The molecule has 0 N–H and O–H groups in total. The van der Waals surface area contributed by atoms with Crippen LogP contribution < -0.4 is 0 Å². The van der Waals surface area contributed by atoms with Crippen LogP contribution in [0, 0.1) is 13.8 Å². The highest BCUT2D eigenvalue weighted by atomic mass is 32.1. The second-order valence-corrected chi connectivity index (χ2v) is 3.63. The molecule has 0 unspecified atom stereocenters. The molecule has 1 aromatic heterocycles. The van der Waals surface area contributed by atoms with Gasteiger partial charge in [0, 0.05) is 0 Å². The molecule has 1 heterocycles. The van der Waals surface area contributed by atoms with Gasteiger partial charge in [0.15, 0.2) is 0 Å². The molecule has 0 saturated heterocycles. The van der Waals surface area contributed by atoms with Crippen LogP contribution in [0.25, 0.3) is 10.8 Å². The maximum Gasteiger partial charge on any atom is -0.00117 e. The summed E-state index contributed by atoms with van der Waals surface area (Å²) in [5, 5.41) is 7.20. The molecule has 0 aliphatic carbocycles. The van der Waals surface area contributed by atoms with Crippen molar-refractivity contribution in [2.45, 2.75) is 13.8 Å². The third-order valence-electron chi connectivity index (χ3n) is 2.20. The van der Waals surface area contributed by atoms with E-state index in [9.17, 15) is 0 Å². The molecule has 0 aliphatic rings. The molecule has 0 radical (unpaired) electrons. The summed E-state index contributed by atoms with van der Waals surface area (Å²) in [4.78, 5) is 0. The number of benzene rings is 1. The molecule has 11 heavy (non-hydrogen) atoms. The SMILES string of the molecule is Cc1ccc2cscc2c1C. The summed E-state index contributed by atoms with van der Waals surface area (Å²) in [6.45, 7) is 4.34. The second-order valence-electron chi connectivity index (χ2n) is 2.88. The Balaban J connectivity index is 2.93. The van der Waals surface area contributed by atoms with Gasteiger partial charge < -0.3 is 0 Å². The molecule has 0 fully saturated rings. The summed E-state index contributed by atoms with van der Waals surface area (Å²) in [5.74, 6) is 0. The highest BCUT2D eigenvalue weighted by Gasteiger charge is 1.99. The lowest BCUT2D eigenvalue weighted by Gasteiger charge is -1.99. The molecule has 0 nitrogen and oxygen atoms in total. The van der Waals surface area contributed by atoms with Gasteiger partial charge in [0.25, 0.3) is 0 Å². The first kappa shape index (κ1) is 6.86. The first-order chi connectivity index (χ1) is 5.29. The zero-order chi connectivity index (χ0) is 7.84. The van der Waals surface area contributed by atoms with Gasteiger partial charge in [-0.25, -0.2) is 0 Å². The lowest BCUT2D eigenvalue weighted by molar-refractivity contribution is 1.39. The van der Waals surface area contributed by atoms with Gasteiger partial charge in [0.2, 0.25) is 0 Å². The monoisotopic (exact) mass is 162 g/mol. The van der Waals surface area contributed by atoms with Gasteiger partial charge in [-0.3, -0.25) is 0 Å². The summed E-state index contributed by atoms with van der Waals surface area (Å²) in [7, 11) is 0. The molecule has 0 amide bonds. The van der Waals surface area contributed by atoms with Crippen LogP contribution in [0.1, 0.15) is 11.1 Å². The van der Waals surface area contributed by atoms with Crippen LogP contribution in [0.5, 0.6) is 0 Å². The van der Waals surface area contributed by atoms with Crippen molar-refractivity contribution in [2.24, 2.45) is 0 Å². The van der Waals surface area contributed by atoms with Crippen molar-refractivity contribution in [3.05, 3.63) is 34.0 Å². The van der Waals surface area contributed by atoms with E-state index < -0.39 is 0 Å². The number of fused-ring (bicyclic) bond motifs is 1. The maximum atomic E-state index is 2.22. The van der Waals surface area contributed by atoms with Gasteiger partial charge in [-0.05, 0) is 46.5 Å². The number of hydrogen-bond acceptors (Lipinski definition) is 1. The Morgan fingerprint density at radius 1 is 1.09 bits per heavy atom. The second kappa shape index (κ2) is 2.35. The van der Waals surface area contributed by atoms with Gasteiger partial charge in [-0.2, -0.15) is 11.3 Å². The normalized spacial score (nSPS) is 10.7. The highest BCUT2D eigenvalue weighted by molar-refractivity contribution is 7.09. The Morgan fingerprint density at radius 2 is 1.91 bits per heavy atom. The average molecular weight is 162 g/mol. The van der Waals surface area contributed by atoms with E-state index in [4.69, 9.17) is 0 Å². The minimum absolute atomic E-state index is 1.37. The minimum atomic E-state index is 1.37. The van der Waals surface area contributed by atoms with Crippen molar-refractivity contribution >= 4 is 22.1 Å². The maximum absolute atomic E-state index is 2.22. The van der Waals surface area contributed by atoms with Crippen LogP contribution in [0.3, 0.4) is 0 Å². The standard InChI is InChI=1S/C10H10S/c1-7-3-4-9-5-11-6-10(9)8(7)2/h3-6H,1-2H3. The van der Waals surface area contributed by atoms with Gasteiger partial charge in [-0.15, -0.1) is 0 Å². The van der Waals surface area contributed by atoms with Crippen molar-refractivity contribution < 1.29 is 0 Å². The molecule has 0 saturated carbocycles. The summed E-state index contributed by atoms with van der Waals surface area (Å²) in [6.07, 6.45) is 0. The third kappa shape index (κ3) is 0.962. The first-order valence-electron chi connectivity index (χ1n) is 3.71. The van der Waals surface area contributed by atoms with E-state index in [1.54, 1.807) is 11.3 Å². The van der Waals surface area contributed by atoms with Crippen molar-refractivity contribution in [2.75, 3.05) is 0 Å². The zero-order valence-electron chi connectivity index (χ0n) is 6.72. The molecule has 1 aromatic carbocycles. The molecule has 0 bridgehead atoms. The van der Waals surface area contributed by atoms with E-state index in [1.807, 2.05) is 0 Å². The van der Waals surface area contributed by atoms with E-state index in [-0.39, 0.29) is 0 Å². The molecular weight excluding hydrogens is 152 g/mol. The Bertz CT molecular complexity index is 385. The van der Waals surface area contributed by atoms with Crippen molar-refractivity contribution in [1.82, 2.24) is 0 Å². The Kier molecular flexibility index (Phi) is 1.46. The predicted molar refractivity (Wildman–Crippen MR) is 51.3 cm³/mol. The summed E-state index contributed by atoms with van der Waals surface area (Å²) >= 11 is 1.78. The number of hydrogen-bond donors (Lipinski definition) is 0. The van der Waals surface area contributed by atoms with Gasteiger partial charge >= 0.3 is 0 Å². The molecule has 2 rings (SSSR count). The van der Waals surface area contributed by atoms with Crippen molar-refractivity contribution in [1.29, 1.82) is 0 Å². The molecular formula is C10H10S. The molecule has 0 aliphatic heterocycles. The fourth-order valence-corrected chi connectivity index (χ4v) is 2.16. The fraction of sp³-hybridized carbons (Fsp3) is 0.200. The minimum Gasteiger partial charge on any atom is -0.151 e. The van der Waals surface area contributed by atoms with Gasteiger partial charge in [0.05, 0.1) is 0 Å².